The van der Waals surface area contributed by atoms with Gasteiger partial charge >= 0.3 is 0 Å². The third kappa shape index (κ3) is 4.04. The van der Waals surface area contributed by atoms with E-state index in [0.29, 0.717) is 5.92 Å². The highest BCUT2D eigenvalue weighted by Crippen LogP contribution is 2.49. The minimum absolute atomic E-state index is 0.0206. The van der Waals surface area contributed by atoms with Gasteiger partial charge in [0.1, 0.15) is 5.82 Å². The number of fused-ring (bicyclic) bond motifs is 4. The highest BCUT2D eigenvalue weighted by Gasteiger charge is 2.44. The Morgan fingerprint density at radius 3 is 2.44 bits per heavy atom. The van der Waals surface area contributed by atoms with Gasteiger partial charge in [-0.1, -0.05) is 74.6 Å². The summed E-state index contributed by atoms with van der Waals surface area (Å²) in [6, 6.07) is 19.2. The number of rotatable bonds is 5. The van der Waals surface area contributed by atoms with Crippen LogP contribution in [0.5, 0.6) is 0 Å². The van der Waals surface area contributed by atoms with E-state index in [9.17, 15) is 4.79 Å². The van der Waals surface area contributed by atoms with Gasteiger partial charge in [-0.15, -0.1) is 11.8 Å². The third-order valence-corrected chi connectivity index (χ3v) is 9.43. The fraction of sp³-hybridized carbons (Fsp3) is 0.467. The molecule has 3 aromatic rings. The van der Waals surface area contributed by atoms with Gasteiger partial charge in [0.15, 0.2) is 0 Å². The molecule has 2 saturated carbocycles. The van der Waals surface area contributed by atoms with Gasteiger partial charge in [0.2, 0.25) is 0 Å². The van der Waals surface area contributed by atoms with E-state index >= 15 is 0 Å². The van der Waals surface area contributed by atoms with Gasteiger partial charge in [-0.05, 0) is 55.7 Å². The summed E-state index contributed by atoms with van der Waals surface area (Å²) >= 11 is 1.79. The third-order valence-electron chi connectivity index (χ3n) is 8.42. The SMILES string of the molecule is O=c1c2c(nc(CSc3ccccc3)n1CC1CCCCC1)-c1ccccc1CC21CCCC1. The first-order chi connectivity index (χ1) is 16.7. The summed E-state index contributed by atoms with van der Waals surface area (Å²) in [5.74, 6) is 2.28. The Kier molecular flexibility index (Phi) is 6.11. The van der Waals surface area contributed by atoms with E-state index < -0.39 is 0 Å². The average molecular weight is 471 g/mol. The van der Waals surface area contributed by atoms with E-state index in [-0.39, 0.29) is 11.0 Å². The highest BCUT2D eigenvalue weighted by molar-refractivity contribution is 7.98. The van der Waals surface area contributed by atoms with Crippen LogP contribution in [-0.2, 0) is 24.1 Å². The number of nitrogens with zero attached hydrogens (tertiary/aromatic N) is 2. The molecule has 1 spiro atoms. The first-order valence-corrected chi connectivity index (χ1v) is 14.1. The van der Waals surface area contributed by atoms with Gasteiger partial charge in [-0.3, -0.25) is 9.36 Å². The minimum Gasteiger partial charge on any atom is -0.295 e. The second-order valence-corrected chi connectivity index (χ2v) is 11.6. The van der Waals surface area contributed by atoms with Crippen molar-refractivity contribution in [2.75, 3.05) is 0 Å². The molecule has 4 heteroatoms. The Morgan fingerprint density at radius 1 is 0.912 bits per heavy atom. The van der Waals surface area contributed by atoms with E-state index in [1.165, 1.54) is 61.0 Å². The summed E-state index contributed by atoms with van der Waals surface area (Å²) in [6.45, 7) is 0.835. The van der Waals surface area contributed by atoms with Crippen LogP contribution < -0.4 is 5.56 Å². The van der Waals surface area contributed by atoms with Crippen molar-refractivity contribution in [3.63, 3.8) is 0 Å². The molecule has 1 heterocycles. The molecule has 0 N–H and O–H groups in total. The molecule has 1 aromatic heterocycles. The minimum atomic E-state index is -0.0206. The summed E-state index contributed by atoms with van der Waals surface area (Å²) in [4.78, 5) is 21.0. The van der Waals surface area contributed by atoms with Crippen LogP contribution >= 0.6 is 11.8 Å². The van der Waals surface area contributed by atoms with Crippen LogP contribution in [0, 0.1) is 5.92 Å². The van der Waals surface area contributed by atoms with Crippen LogP contribution in [0.3, 0.4) is 0 Å². The van der Waals surface area contributed by atoms with E-state index in [4.69, 9.17) is 4.98 Å². The Balaban J connectivity index is 1.49. The van der Waals surface area contributed by atoms with Gasteiger partial charge in [-0.2, -0.15) is 0 Å². The van der Waals surface area contributed by atoms with Crippen LogP contribution in [-0.4, -0.2) is 9.55 Å². The van der Waals surface area contributed by atoms with Crippen LogP contribution in [0.4, 0.5) is 0 Å². The van der Waals surface area contributed by atoms with Crippen LogP contribution in [0.25, 0.3) is 11.3 Å². The van der Waals surface area contributed by atoms with Crippen molar-refractivity contribution in [1.82, 2.24) is 9.55 Å². The number of hydrogen-bond acceptors (Lipinski definition) is 3. The molecule has 0 radical (unpaired) electrons. The maximum absolute atomic E-state index is 14.4. The van der Waals surface area contributed by atoms with E-state index in [1.807, 2.05) is 0 Å². The van der Waals surface area contributed by atoms with Crippen LogP contribution in [0.15, 0.2) is 64.3 Å². The average Bonchev–Trinajstić information content (AvgIpc) is 3.34. The Labute approximate surface area is 207 Å². The van der Waals surface area contributed by atoms with Gasteiger partial charge in [0.25, 0.3) is 5.56 Å². The Bertz CT molecular complexity index is 1220. The Hall–Kier alpha value is -2.33. The van der Waals surface area contributed by atoms with Gasteiger partial charge in [0.05, 0.1) is 17.0 Å². The van der Waals surface area contributed by atoms with Crippen molar-refractivity contribution < 1.29 is 0 Å². The molecule has 3 aliphatic rings. The molecule has 2 fully saturated rings. The smallest absolute Gasteiger partial charge is 0.257 e. The van der Waals surface area contributed by atoms with Crippen molar-refractivity contribution in [1.29, 1.82) is 0 Å². The fourth-order valence-electron chi connectivity index (χ4n) is 6.70. The zero-order chi connectivity index (χ0) is 23.0. The molecular formula is C30H34N2OS. The van der Waals surface area contributed by atoms with Crippen molar-refractivity contribution in [2.45, 2.75) is 86.8 Å². The second-order valence-electron chi connectivity index (χ2n) is 10.6. The van der Waals surface area contributed by atoms with Crippen molar-refractivity contribution in [3.05, 3.63) is 81.9 Å². The summed E-state index contributed by atoms with van der Waals surface area (Å²) < 4.78 is 2.11. The number of thioether (sulfide) groups is 1. The van der Waals surface area contributed by atoms with Crippen molar-refractivity contribution >= 4 is 11.8 Å². The maximum atomic E-state index is 14.4. The number of aromatic nitrogens is 2. The zero-order valence-electron chi connectivity index (χ0n) is 20.0. The molecular weight excluding hydrogens is 436 g/mol. The summed E-state index contributed by atoms with van der Waals surface area (Å²) in [6.07, 6.45) is 12.1. The summed E-state index contributed by atoms with van der Waals surface area (Å²) in [7, 11) is 0. The highest BCUT2D eigenvalue weighted by atomic mass is 32.2. The summed E-state index contributed by atoms with van der Waals surface area (Å²) in [5.41, 5.74) is 4.81. The van der Waals surface area contributed by atoms with Gasteiger partial charge in [0, 0.05) is 22.4 Å². The number of hydrogen-bond donors (Lipinski definition) is 0. The Morgan fingerprint density at radius 2 is 1.65 bits per heavy atom. The first-order valence-electron chi connectivity index (χ1n) is 13.1. The lowest BCUT2D eigenvalue weighted by atomic mass is 9.68. The number of benzene rings is 2. The van der Waals surface area contributed by atoms with Crippen molar-refractivity contribution in [2.24, 2.45) is 5.92 Å². The van der Waals surface area contributed by atoms with E-state index in [2.05, 4.69) is 59.2 Å². The molecule has 176 valence electrons. The molecule has 0 aliphatic heterocycles. The summed E-state index contributed by atoms with van der Waals surface area (Å²) in [5, 5.41) is 0. The lowest BCUT2D eigenvalue weighted by Gasteiger charge is -2.37. The molecule has 0 atom stereocenters. The van der Waals surface area contributed by atoms with E-state index in [1.54, 1.807) is 11.8 Å². The van der Waals surface area contributed by atoms with Crippen LogP contribution in [0.2, 0.25) is 0 Å². The molecule has 3 nitrogen and oxygen atoms in total. The fourth-order valence-corrected chi connectivity index (χ4v) is 7.57. The zero-order valence-corrected chi connectivity index (χ0v) is 20.8. The molecule has 6 rings (SSSR count). The monoisotopic (exact) mass is 470 g/mol. The van der Waals surface area contributed by atoms with Gasteiger partial charge in [-0.25, -0.2) is 4.98 Å². The standard InChI is InChI=1S/C30H34N2OS/c33-29-27-28(25-16-8-7-13-23(25)19-30(27)17-9-10-18-30)31-26(21-34-24-14-5-2-6-15-24)32(29)20-22-11-3-1-4-12-22/h2,5-8,13-16,22H,1,3-4,9-12,17-21H2. The van der Waals surface area contributed by atoms with E-state index in [0.717, 1.165) is 48.6 Å². The molecule has 0 amide bonds. The van der Waals surface area contributed by atoms with Crippen LogP contribution in [0.1, 0.15) is 74.7 Å². The predicted octanol–water partition coefficient (Wildman–Crippen LogP) is 7.15. The normalized spacial score (nSPS) is 19.2. The quantitative estimate of drug-likeness (QED) is 0.371. The molecule has 0 bridgehead atoms. The molecule has 0 unspecified atom stereocenters. The molecule has 3 aliphatic carbocycles. The second kappa shape index (κ2) is 9.37. The largest absolute Gasteiger partial charge is 0.295 e. The predicted molar refractivity (Wildman–Crippen MR) is 140 cm³/mol. The molecule has 34 heavy (non-hydrogen) atoms. The lowest BCUT2D eigenvalue weighted by molar-refractivity contribution is 0.309. The maximum Gasteiger partial charge on any atom is 0.257 e. The topological polar surface area (TPSA) is 34.9 Å². The lowest BCUT2D eigenvalue weighted by Crippen LogP contribution is -2.41. The first kappa shape index (κ1) is 22.2. The van der Waals surface area contributed by atoms with Gasteiger partial charge < -0.3 is 0 Å². The molecule has 2 aromatic carbocycles. The molecule has 0 saturated heterocycles. The van der Waals surface area contributed by atoms with Crippen molar-refractivity contribution in [3.8, 4) is 11.3 Å².